The maximum absolute atomic E-state index is 12.0. The summed E-state index contributed by atoms with van der Waals surface area (Å²) in [6.07, 6.45) is 1.71. The van der Waals surface area contributed by atoms with Crippen LogP contribution < -0.4 is 5.32 Å². The number of nitrogens with zero attached hydrogens (tertiary/aromatic N) is 2. The predicted octanol–water partition coefficient (Wildman–Crippen LogP) is 2.47. The maximum Gasteiger partial charge on any atom is 0.310 e. The van der Waals surface area contributed by atoms with E-state index in [1.54, 1.807) is 6.20 Å². The third-order valence-corrected chi connectivity index (χ3v) is 4.84. The second-order valence-electron chi connectivity index (χ2n) is 4.78. The zero-order valence-corrected chi connectivity index (χ0v) is 14.4. The van der Waals surface area contributed by atoms with E-state index in [4.69, 9.17) is 0 Å². The van der Waals surface area contributed by atoms with Gasteiger partial charge in [-0.15, -0.1) is 11.3 Å². The number of fused-ring (bicyclic) bond motifs is 1. The van der Waals surface area contributed by atoms with Crippen LogP contribution in [0, 0.1) is 0 Å². The van der Waals surface area contributed by atoms with E-state index in [2.05, 4.69) is 25.0 Å². The minimum atomic E-state index is -0.336. The van der Waals surface area contributed by atoms with Crippen LogP contribution >= 0.6 is 23.1 Å². The van der Waals surface area contributed by atoms with Gasteiger partial charge < -0.3 is 15.0 Å². The van der Waals surface area contributed by atoms with E-state index in [0.29, 0.717) is 10.3 Å². The molecule has 0 bridgehead atoms. The second-order valence-corrected chi connectivity index (χ2v) is 6.86. The normalized spacial score (nSPS) is 10.7. The molecule has 3 aromatic rings. The van der Waals surface area contributed by atoms with Crippen LogP contribution in [0.1, 0.15) is 4.88 Å². The number of carbonyl (C=O) groups excluding carboxylic acids is 2. The number of aromatic amines is 1. The summed E-state index contributed by atoms with van der Waals surface area (Å²) in [6, 6.07) is 7.69. The topological polar surface area (TPSA) is 97.0 Å². The monoisotopic (exact) mass is 362 g/mol. The number of aromatic nitrogens is 3. The first-order chi connectivity index (χ1) is 11.6. The highest BCUT2D eigenvalue weighted by Crippen LogP contribution is 2.21. The molecule has 0 radical (unpaired) electrons. The van der Waals surface area contributed by atoms with Gasteiger partial charge in [-0.2, -0.15) is 0 Å². The summed E-state index contributed by atoms with van der Waals surface area (Å²) in [7, 11) is 1.33. The molecule has 124 valence electrons. The smallest absolute Gasteiger partial charge is 0.310 e. The number of methoxy groups -OCH3 is 1. The van der Waals surface area contributed by atoms with Crippen LogP contribution in [0.2, 0.25) is 0 Å². The van der Waals surface area contributed by atoms with Gasteiger partial charge in [0.25, 0.3) is 0 Å². The van der Waals surface area contributed by atoms with Gasteiger partial charge in [0, 0.05) is 11.1 Å². The molecule has 0 aliphatic rings. The molecular weight excluding hydrogens is 348 g/mol. The summed E-state index contributed by atoms with van der Waals surface area (Å²) in [5.74, 6) is -0.303. The first kappa shape index (κ1) is 16.5. The van der Waals surface area contributed by atoms with Crippen LogP contribution in [0.15, 0.2) is 35.6 Å². The van der Waals surface area contributed by atoms with Crippen LogP contribution in [0.4, 0.5) is 5.13 Å². The van der Waals surface area contributed by atoms with E-state index in [1.165, 1.54) is 30.2 Å². The third-order valence-electron chi connectivity index (χ3n) is 3.05. The Morgan fingerprint density at radius 3 is 3.00 bits per heavy atom. The average molecular weight is 362 g/mol. The van der Waals surface area contributed by atoms with Crippen molar-refractivity contribution < 1.29 is 14.3 Å². The molecule has 0 fully saturated rings. The molecule has 0 aliphatic carbocycles. The number of para-hydroxylation sites is 2. The summed E-state index contributed by atoms with van der Waals surface area (Å²) in [4.78, 5) is 35.6. The molecule has 24 heavy (non-hydrogen) atoms. The van der Waals surface area contributed by atoms with Gasteiger partial charge in [-0.05, 0) is 12.1 Å². The number of hydrogen-bond donors (Lipinski definition) is 2. The lowest BCUT2D eigenvalue weighted by molar-refractivity contribution is -0.139. The zero-order chi connectivity index (χ0) is 16.9. The number of thioether (sulfide) groups is 1. The molecule has 7 nitrogen and oxygen atoms in total. The summed E-state index contributed by atoms with van der Waals surface area (Å²) in [5.41, 5.74) is 1.81. The summed E-state index contributed by atoms with van der Waals surface area (Å²) >= 11 is 2.57. The van der Waals surface area contributed by atoms with Gasteiger partial charge in [-0.3, -0.25) is 9.59 Å². The molecule has 0 saturated carbocycles. The number of benzene rings is 1. The van der Waals surface area contributed by atoms with E-state index >= 15 is 0 Å². The number of anilines is 1. The first-order valence-electron chi connectivity index (χ1n) is 7.03. The first-order valence-corrected chi connectivity index (χ1v) is 8.83. The van der Waals surface area contributed by atoms with Gasteiger partial charge in [-0.1, -0.05) is 23.9 Å². The lowest BCUT2D eigenvalue weighted by Crippen LogP contribution is -2.13. The lowest BCUT2D eigenvalue weighted by atomic mass is 10.3. The molecular formula is C15H14N4O3S2. The van der Waals surface area contributed by atoms with Crippen molar-refractivity contribution in [3.05, 3.63) is 35.3 Å². The highest BCUT2D eigenvalue weighted by Gasteiger charge is 2.11. The molecule has 2 heterocycles. The van der Waals surface area contributed by atoms with E-state index in [1.807, 2.05) is 24.3 Å². The quantitative estimate of drug-likeness (QED) is 0.516. The zero-order valence-electron chi connectivity index (χ0n) is 12.7. The van der Waals surface area contributed by atoms with Crippen molar-refractivity contribution in [1.29, 1.82) is 0 Å². The minimum absolute atomic E-state index is 0.151. The van der Waals surface area contributed by atoms with Crippen LogP contribution in [0.3, 0.4) is 0 Å². The molecule has 1 aromatic carbocycles. The van der Waals surface area contributed by atoms with Gasteiger partial charge in [-0.25, -0.2) is 9.97 Å². The van der Waals surface area contributed by atoms with E-state index in [-0.39, 0.29) is 24.1 Å². The number of ether oxygens (including phenoxy) is 1. The van der Waals surface area contributed by atoms with Gasteiger partial charge >= 0.3 is 5.97 Å². The maximum atomic E-state index is 12.0. The second kappa shape index (κ2) is 7.45. The molecule has 0 aliphatic heterocycles. The van der Waals surface area contributed by atoms with Crippen molar-refractivity contribution in [2.75, 3.05) is 18.2 Å². The van der Waals surface area contributed by atoms with Crippen molar-refractivity contribution >= 4 is 51.1 Å². The highest BCUT2D eigenvalue weighted by molar-refractivity contribution is 7.99. The van der Waals surface area contributed by atoms with E-state index < -0.39 is 0 Å². The lowest BCUT2D eigenvalue weighted by Gasteiger charge is -1.99. The molecule has 1 amide bonds. The Balaban J connectivity index is 1.53. The molecule has 3 rings (SSSR count). The standard InChI is InChI=1S/C15H14N4O3S2/c1-22-13(21)6-9-7-16-14(24-9)19-12(20)8-23-15-17-10-4-2-3-5-11(10)18-15/h2-5,7H,6,8H2,1H3,(H,17,18)(H,16,19,20). The van der Waals surface area contributed by atoms with Gasteiger partial charge in [0.2, 0.25) is 5.91 Å². The van der Waals surface area contributed by atoms with Gasteiger partial charge in [0.15, 0.2) is 10.3 Å². The summed E-state index contributed by atoms with van der Waals surface area (Å²) in [6.45, 7) is 0. The Morgan fingerprint density at radius 1 is 1.38 bits per heavy atom. The largest absolute Gasteiger partial charge is 0.469 e. The number of nitrogens with one attached hydrogen (secondary N) is 2. The Bertz CT molecular complexity index is 841. The number of carbonyl (C=O) groups is 2. The Hall–Kier alpha value is -2.39. The molecule has 9 heteroatoms. The van der Waals surface area contributed by atoms with Crippen LogP contribution in [-0.2, 0) is 20.7 Å². The number of rotatable bonds is 6. The Kier molecular flexibility index (Phi) is 5.11. The molecule has 2 aromatic heterocycles. The average Bonchev–Trinajstić information content (AvgIpc) is 3.19. The number of hydrogen-bond acceptors (Lipinski definition) is 7. The summed E-state index contributed by atoms with van der Waals surface area (Å²) < 4.78 is 4.60. The number of imidazole rings is 1. The third kappa shape index (κ3) is 4.12. The van der Waals surface area contributed by atoms with E-state index in [0.717, 1.165) is 15.9 Å². The fourth-order valence-corrected chi connectivity index (χ4v) is 3.45. The number of thiazole rings is 1. The number of amides is 1. The van der Waals surface area contributed by atoms with Crippen molar-refractivity contribution in [3.63, 3.8) is 0 Å². The van der Waals surface area contributed by atoms with Crippen molar-refractivity contribution in [3.8, 4) is 0 Å². The fourth-order valence-electron chi connectivity index (χ4n) is 1.95. The summed E-state index contributed by atoms with van der Waals surface area (Å²) in [5, 5.41) is 3.87. The number of esters is 1. The Morgan fingerprint density at radius 2 is 2.21 bits per heavy atom. The van der Waals surface area contributed by atoms with Crippen molar-refractivity contribution in [2.24, 2.45) is 0 Å². The van der Waals surface area contributed by atoms with Crippen LogP contribution in [-0.4, -0.2) is 39.7 Å². The highest BCUT2D eigenvalue weighted by atomic mass is 32.2. The van der Waals surface area contributed by atoms with Gasteiger partial charge in [0.1, 0.15) is 0 Å². The molecule has 0 spiro atoms. The van der Waals surface area contributed by atoms with Crippen molar-refractivity contribution in [1.82, 2.24) is 15.0 Å². The fraction of sp³-hybridized carbons (Fsp3) is 0.200. The van der Waals surface area contributed by atoms with E-state index in [9.17, 15) is 9.59 Å². The van der Waals surface area contributed by atoms with Gasteiger partial charge in [0.05, 0.1) is 30.3 Å². The van der Waals surface area contributed by atoms with Crippen molar-refractivity contribution in [2.45, 2.75) is 11.6 Å². The minimum Gasteiger partial charge on any atom is -0.469 e. The Labute approximate surface area is 145 Å². The van der Waals surface area contributed by atoms with Crippen LogP contribution in [0.25, 0.3) is 11.0 Å². The molecule has 0 atom stereocenters. The predicted molar refractivity (Wildman–Crippen MR) is 93.3 cm³/mol. The SMILES string of the molecule is COC(=O)Cc1cnc(NC(=O)CSc2nc3ccccc3[nH]2)s1. The van der Waals surface area contributed by atoms with Crippen LogP contribution in [0.5, 0.6) is 0 Å². The molecule has 2 N–H and O–H groups in total. The number of H-pyrrole nitrogens is 1. The molecule has 0 saturated heterocycles. The molecule has 0 unspecified atom stereocenters.